The van der Waals surface area contributed by atoms with Gasteiger partial charge in [0, 0.05) is 6.42 Å². The fourth-order valence-corrected chi connectivity index (χ4v) is 4.52. The molecule has 3 fully saturated rings. The maximum atomic E-state index is 13.0. The molecule has 0 N–H and O–H groups in total. The Labute approximate surface area is 156 Å². The van der Waals surface area contributed by atoms with E-state index in [0.717, 1.165) is 32.1 Å². The highest BCUT2D eigenvalue weighted by atomic mass is 16.6. The van der Waals surface area contributed by atoms with Crippen LogP contribution in [0.2, 0.25) is 0 Å². The number of hydrogen-bond donors (Lipinski definition) is 0. The summed E-state index contributed by atoms with van der Waals surface area (Å²) in [7, 11) is 0. The van der Waals surface area contributed by atoms with Gasteiger partial charge in [-0.2, -0.15) is 0 Å². The monoisotopic (exact) mass is 349 g/mol. The van der Waals surface area contributed by atoms with Gasteiger partial charge >= 0.3 is 5.97 Å². The molecule has 0 aromatic heterocycles. The Balaban J connectivity index is 1.66. The second-order valence-electron chi connectivity index (χ2n) is 7.92. The maximum Gasteiger partial charge on any atom is 0.326 e. The van der Waals surface area contributed by atoms with Crippen LogP contribution in [-0.2, 0) is 16.0 Å². The Bertz CT molecular complexity index is 707. The second-order valence-corrected chi connectivity index (χ2v) is 7.92. The molecule has 136 valence electrons. The molecule has 1 aromatic carbocycles. The van der Waals surface area contributed by atoms with Crippen LogP contribution < -0.4 is 0 Å². The van der Waals surface area contributed by atoms with E-state index in [1.807, 2.05) is 18.2 Å². The molecular weight excluding hydrogens is 322 g/mol. The SMILES string of the molecule is C#CCN1[C@H](/C=C/C2CC2)[C@H](Cc2ccccc2)OC(=O)C12CCCC2. The highest BCUT2D eigenvalue weighted by Gasteiger charge is 2.55. The van der Waals surface area contributed by atoms with Crippen LogP contribution >= 0.6 is 0 Å². The molecule has 0 unspecified atom stereocenters. The summed E-state index contributed by atoms with van der Waals surface area (Å²) in [6.45, 7) is 0.500. The molecule has 26 heavy (non-hydrogen) atoms. The van der Waals surface area contributed by atoms with Crippen LogP contribution in [0.1, 0.15) is 44.1 Å². The molecule has 4 rings (SSSR count). The average molecular weight is 349 g/mol. The number of ether oxygens (including phenoxy) is 1. The fraction of sp³-hybridized carbons (Fsp3) is 0.522. The number of morpholine rings is 1. The van der Waals surface area contributed by atoms with Crippen molar-refractivity contribution in [2.24, 2.45) is 5.92 Å². The van der Waals surface area contributed by atoms with E-state index in [1.54, 1.807) is 0 Å². The Morgan fingerprint density at radius 2 is 1.92 bits per heavy atom. The Kier molecular flexibility index (Phi) is 4.87. The lowest BCUT2D eigenvalue weighted by molar-refractivity contribution is -0.183. The number of hydrogen-bond acceptors (Lipinski definition) is 3. The van der Waals surface area contributed by atoms with Gasteiger partial charge in [-0.3, -0.25) is 9.69 Å². The first-order valence-corrected chi connectivity index (χ1v) is 9.86. The summed E-state index contributed by atoms with van der Waals surface area (Å²) in [5.41, 5.74) is 0.677. The van der Waals surface area contributed by atoms with Crippen molar-refractivity contribution in [2.45, 2.75) is 62.6 Å². The van der Waals surface area contributed by atoms with Gasteiger partial charge in [-0.15, -0.1) is 6.42 Å². The van der Waals surface area contributed by atoms with Gasteiger partial charge in [0.2, 0.25) is 0 Å². The smallest absolute Gasteiger partial charge is 0.326 e. The quantitative estimate of drug-likeness (QED) is 0.461. The zero-order chi connectivity index (χ0) is 18.0. The maximum absolute atomic E-state index is 13.0. The van der Waals surface area contributed by atoms with E-state index in [4.69, 9.17) is 11.2 Å². The summed E-state index contributed by atoms with van der Waals surface area (Å²) in [6, 6.07) is 10.3. The van der Waals surface area contributed by atoms with Gasteiger partial charge in [0.25, 0.3) is 0 Å². The molecule has 1 aliphatic heterocycles. The molecule has 3 nitrogen and oxygen atoms in total. The Hall–Kier alpha value is -2.05. The van der Waals surface area contributed by atoms with E-state index in [2.05, 4.69) is 35.1 Å². The number of esters is 1. The fourth-order valence-electron chi connectivity index (χ4n) is 4.52. The van der Waals surface area contributed by atoms with Crippen LogP contribution in [0, 0.1) is 18.3 Å². The van der Waals surface area contributed by atoms with Crippen molar-refractivity contribution in [3.63, 3.8) is 0 Å². The lowest BCUT2D eigenvalue weighted by Gasteiger charge is -2.49. The van der Waals surface area contributed by atoms with Gasteiger partial charge in [-0.05, 0) is 37.2 Å². The lowest BCUT2D eigenvalue weighted by atomic mass is 9.87. The van der Waals surface area contributed by atoms with Gasteiger partial charge < -0.3 is 4.74 Å². The molecule has 1 aromatic rings. The molecule has 1 saturated heterocycles. The minimum Gasteiger partial charge on any atom is -0.459 e. The molecule has 1 heterocycles. The molecule has 3 heteroatoms. The summed E-state index contributed by atoms with van der Waals surface area (Å²) in [5.74, 6) is 3.44. The van der Waals surface area contributed by atoms with E-state index in [1.165, 1.54) is 18.4 Å². The van der Waals surface area contributed by atoms with Crippen molar-refractivity contribution in [2.75, 3.05) is 6.54 Å². The number of rotatable bonds is 5. The van der Waals surface area contributed by atoms with Gasteiger partial charge in [-0.25, -0.2) is 0 Å². The second kappa shape index (κ2) is 7.29. The summed E-state index contributed by atoms with van der Waals surface area (Å²) in [5, 5.41) is 0. The van der Waals surface area contributed by atoms with Crippen molar-refractivity contribution in [1.82, 2.24) is 4.90 Å². The van der Waals surface area contributed by atoms with Crippen molar-refractivity contribution in [3.05, 3.63) is 48.0 Å². The van der Waals surface area contributed by atoms with E-state index < -0.39 is 5.54 Å². The highest BCUT2D eigenvalue weighted by molar-refractivity contribution is 5.82. The molecule has 2 saturated carbocycles. The number of nitrogens with zero attached hydrogens (tertiary/aromatic N) is 1. The molecule has 2 aliphatic carbocycles. The highest BCUT2D eigenvalue weighted by Crippen LogP contribution is 2.42. The van der Waals surface area contributed by atoms with Crippen LogP contribution in [0.15, 0.2) is 42.5 Å². The molecule has 0 amide bonds. The first kappa shape index (κ1) is 17.4. The molecule has 1 spiro atoms. The minimum atomic E-state index is -0.516. The zero-order valence-corrected chi connectivity index (χ0v) is 15.3. The third kappa shape index (κ3) is 3.31. The normalized spacial score (nSPS) is 28.3. The van der Waals surface area contributed by atoms with Gasteiger partial charge in [-0.1, -0.05) is 61.2 Å². The summed E-state index contributed by atoms with van der Waals surface area (Å²) in [4.78, 5) is 15.3. The first-order valence-electron chi connectivity index (χ1n) is 9.86. The van der Waals surface area contributed by atoms with Crippen LogP contribution in [-0.4, -0.2) is 35.1 Å². The van der Waals surface area contributed by atoms with Crippen molar-refractivity contribution >= 4 is 5.97 Å². The topological polar surface area (TPSA) is 29.5 Å². The van der Waals surface area contributed by atoms with Crippen molar-refractivity contribution in [1.29, 1.82) is 0 Å². The lowest BCUT2D eigenvalue weighted by Crippen LogP contribution is -2.66. The number of benzene rings is 1. The van der Waals surface area contributed by atoms with Crippen LogP contribution in [0.3, 0.4) is 0 Å². The van der Waals surface area contributed by atoms with E-state index in [-0.39, 0.29) is 18.1 Å². The van der Waals surface area contributed by atoms with Crippen molar-refractivity contribution in [3.8, 4) is 12.3 Å². The summed E-state index contributed by atoms with van der Waals surface area (Å²) in [6.07, 6.45) is 17.2. The van der Waals surface area contributed by atoms with E-state index in [9.17, 15) is 4.79 Å². The summed E-state index contributed by atoms with van der Waals surface area (Å²) >= 11 is 0. The number of terminal acetylenes is 1. The third-order valence-corrected chi connectivity index (χ3v) is 6.10. The van der Waals surface area contributed by atoms with Gasteiger partial charge in [0.15, 0.2) is 0 Å². The van der Waals surface area contributed by atoms with Gasteiger partial charge in [0.1, 0.15) is 11.6 Å². The Morgan fingerprint density at radius 1 is 1.19 bits per heavy atom. The standard InChI is InChI=1S/C23H27NO2/c1-2-16-24-20(13-12-18-10-11-18)21(17-19-8-4-3-5-9-19)26-22(25)23(24)14-6-7-15-23/h1,3-5,8-9,12-13,18,20-21H,6-7,10-11,14-17H2/b13-12+/t20-,21+/m1/s1. The molecular formula is C23H27NO2. The summed E-state index contributed by atoms with van der Waals surface area (Å²) < 4.78 is 6.07. The van der Waals surface area contributed by atoms with E-state index >= 15 is 0 Å². The van der Waals surface area contributed by atoms with Gasteiger partial charge in [0.05, 0.1) is 12.6 Å². The van der Waals surface area contributed by atoms with E-state index in [0.29, 0.717) is 12.5 Å². The largest absolute Gasteiger partial charge is 0.459 e. The predicted molar refractivity (Wildman–Crippen MR) is 102 cm³/mol. The first-order chi connectivity index (χ1) is 12.7. The number of allylic oxidation sites excluding steroid dienone is 1. The molecule has 0 radical (unpaired) electrons. The van der Waals surface area contributed by atoms with Crippen LogP contribution in [0.25, 0.3) is 0 Å². The molecule has 0 bridgehead atoms. The molecule has 3 aliphatic rings. The zero-order valence-electron chi connectivity index (χ0n) is 15.3. The third-order valence-electron chi connectivity index (χ3n) is 6.10. The number of cyclic esters (lactones) is 1. The molecule has 2 atom stereocenters. The predicted octanol–water partition coefficient (Wildman–Crippen LogP) is 3.74. The number of carbonyl (C=O) groups is 1. The average Bonchev–Trinajstić information content (AvgIpc) is 3.35. The Morgan fingerprint density at radius 3 is 2.58 bits per heavy atom. The van der Waals surface area contributed by atoms with Crippen molar-refractivity contribution < 1.29 is 9.53 Å². The minimum absolute atomic E-state index is 0.0580. The van der Waals surface area contributed by atoms with Crippen LogP contribution in [0.5, 0.6) is 0 Å². The van der Waals surface area contributed by atoms with Crippen LogP contribution in [0.4, 0.5) is 0 Å². The number of carbonyl (C=O) groups excluding carboxylic acids is 1.